The van der Waals surface area contributed by atoms with E-state index >= 15 is 0 Å². The Hall–Kier alpha value is -2.74. The molecule has 4 rings (SSSR count). The Morgan fingerprint density at radius 2 is 1.77 bits per heavy atom. The maximum atomic E-state index is 12.7. The number of hydrogen-bond acceptors (Lipinski definition) is 6. The second-order valence-electron chi connectivity index (χ2n) is 8.18. The van der Waals surface area contributed by atoms with Gasteiger partial charge in [0.25, 0.3) is 0 Å². The molecule has 1 aromatic carbocycles. The van der Waals surface area contributed by atoms with Gasteiger partial charge in [0.05, 0.1) is 19.9 Å². The van der Waals surface area contributed by atoms with E-state index in [0.717, 1.165) is 62.6 Å². The fraction of sp³-hybridized carbons (Fsp3) is 0.545. The molecule has 2 N–H and O–H groups in total. The molecule has 2 aliphatic rings. The number of carbonyl (C=O) groups is 1. The number of likely N-dealkylation sites (tertiary alicyclic amines) is 1. The number of carbonyl (C=O) groups excluding carboxylic acids is 1. The summed E-state index contributed by atoms with van der Waals surface area (Å²) in [6.45, 7) is 5.59. The van der Waals surface area contributed by atoms with Crippen LogP contribution >= 0.6 is 0 Å². The van der Waals surface area contributed by atoms with Gasteiger partial charge in [0.15, 0.2) is 11.5 Å². The molecule has 1 amide bonds. The van der Waals surface area contributed by atoms with Gasteiger partial charge in [-0.3, -0.25) is 9.69 Å². The lowest BCUT2D eigenvalue weighted by Crippen LogP contribution is -2.48. The van der Waals surface area contributed by atoms with Gasteiger partial charge in [-0.25, -0.2) is 4.68 Å². The number of rotatable bonds is 5. The predicted molar refractivity (Wildman–Crippen MR) is 115 cm³/mol. The first-order valence-electron chi connectivity index (χ1n) is 10.5. The zero-order valence-electron chi connectivity index (χ0n) is 18.1. The van der Waals surface area contributed by atoms with Crippen LogP contribution in [0.2, 0.25) is 0 Å². The highest BCUT2D eigenvalue weighted by molar-refractivity contribution is 5.76. The van der Waals surface area contributed by atoms with Crippen molar-refractivity contribution in [3.8, 4) is 11.5 Å². The highest BCUT2D eigenvalue weighted by Crippen LogP contribution is 2.34. The Balaban J connectivity index is 1.34. The monoisotopic (exact) mass is 413 g/mol. The van der Waals surface area contributed by atoms with Gasteiger partial charge in [-0.15, -0.1) is 0 Å². The van der Waals surface area contributed by atoms with E-state index in [0.29, 0.717) is 11.9 Å². The van der Waals surface area contributed by atoms with Crippen molar-refractivity contribution in [2.45, 2.75) is 45.3 Å². The van der Waals surface area contributed by atoms with Crippen LogP contribution in [-0.2, 0) is 24.3 Å². The number of anilines is 1. The van der Waals surface area contributed by atoms with Crippen LogP contribution in [0.3, 0.4) is 0 Å². The number of fused-ring (bicyclic) bond motifs is 1. The molecule has 8 heteroatoms. The van der Waals surface area contributed by atoms with Crippen molar-refractivity contribution in [1.29, 1.82) is 0 Å². The lowest BCUT2D eigenvalue weighted by atomic mass is 9.95. The SMILES string of the molecule is COc1cc2c(cc1OC)CN(C1CCN(C(=O)Cn3nc(C)cc3N)CC1)CC2. The minimum atomic E-state index is 0.0871. The molecule has 0 bridgehead atoms. The maximum Gasteiger partial charge on any atom is 0.244 e. The normalized spacial score (nSPS) is 17.6. The van der Waals surface area contributed by atoms with Gasteiger partial charge < -0.3 is 20.1 Å². The number of hydrogen-bond donors (Lipinski definition) is 1. The standard InChI is InChI=1S/C22H31N5O3/c1-15-10-21(23)27(24-15)14-22(28)25-8-5-18(6-9-25)26-7-4-16-11-19(29-2)20(30-3)12-17(16)13-26/h10-12,18H,4-9,13-14,23H2,1-3H3. The second-order valence-corrected chi connectivity index (χ2v) is 8.18. The molecule has 0 aliphatic carbocycles. The summed E-state index contributed by atoms with van der Waals surface area (Å²) in [4.78, 5) is 17.2. The molecule has 8 nitrogen and oxygen atoms in total. The lowest BCUT2D eigenvalue weighted by molar-refractivity contribution is -0.133. The molecule has 1 saturated heterocycles. The molecular weight excluding hydrogens is 382 g/mol. The first-order valence-corrected chi connectivity index (χ1v) is 10.5. The molecule has 1 aromatic heterocycles. The molecule has 30 heavy (non-hydrogen) atoms. The van der Waals surface area contributed by atoms with Gasteiger partial charge in [-0.2, -0.15) is 5.10 Å². The number of nitrogens with two attached hydrogens (primary N) is 1. The summed E-state index contributed by atoms with van der Waals surface area (Å²) >= 11 is 0. The number of ether oxygens (including phenoxy) is 2. The Labute approximate surface area is 177 Å². The minimum Gasteiger partial charge on any atom is -0.493 e. The Bertz CT molecular complexity index is 918. The number of nitrogens with zero attached hydrogens (tertiary/aromatic N) is 4. The molecule has 162 valence electrons. The van der Waals surface area contributed by atoms with E-state index in [9.17, 15) is 4.79 Å². The van der Waals surface area contributed by atoms with Crippen LogP contribution in [0.4, 0.5) is 5.82 Å². The van der Waals surface area contributed by atoms with Gasteiger partial charge in [0.2, 0.25) is 5.91 Å². The number of aryl methyl sites for hydroxylation is 1. The van der Waals surface area contributed by atoms with E-state index in [1.54, 1.807) is 25.0 Å². The first kappa shape index (κ1) is 20.5. The summed E-state index contributed by atoms with van der Waals surface area (Å²) in [6, 6.07) is 6.50. The van der Waals surface area contributed by atoms with E-state index in [4.69, 9.17) is 15.2 Å². The van der Waals surface area contributed by atoms with Crippen molar-refractivity contribution < 1.29 is 14.3 Å². The molecule has 0 radical (unpaired) electrons. The number of nitrogen functional groups attached to an aromatic ring is 1. The number of aromatic nitrogens is 2. The smallest absolute Gasteiger partial charge is 0.244 e. The van der Waals surface area contributed by atoms with Gasteiger partial charge in [0.1, 0.15) is 12.4 Å². The highest BCUT2D eigenvalue weighted by atomic mass is 16.5. The number of benzene rings is 1. The molecule has 0 unspecified atom stereocenters. The van der Waals surface area contributed by atoms with Gasteiger partial charge in [-0.05, 0) is 49.4 Å². The first-order chi connectivity index (χ1) is 14.5. The highest BCUT2D eigenvalue weighted by Gasteiger charge is 2.30. The van der Waals surface area contributed by atoms with E-state index in [2.05, 4.69) is 22.1 Å². The third kappa shape index (κ3) is 4.09. The van der Waals surface area contributed by atoms with E-state index < -0.39 is 0 Å². The molecule has 2 aliphatic heterocycles. The number of amides is 1. The molecule has 3 heterocycles. The number of methoxy groups -OCH3 is 2. The number of piperidine rings is 1. The van der Waals surface area contributed by atoms with Crippen LogP contribution in [0.1, 0.15) is 29.7 Å². The van der Waals surface area contributed by atoms with Crippen molar-refractivity contribution in [2.24, 2.45) is 0 Å². The minimum absolute atomic E-state index is 0.0871. The summed E-state index contributed by atoms with van der Waals surface area (Å²) < 4.78 is 12.5. The van der Waals surface area contributed by atoms with E-state index in [-0.39, 0.29) is 12.5 Å². The Kier molecular flexibility index (Phi) is 5.85. The third-order valence-corrected chi connectivity index (χ3v) is 6.30. The molecular formula is C22H31N5O3. The fourth-order valence-electron chi connectivity index (χ4n) is 4.62. The van der Waals surface area contributed by atoms with Crippen molar-refractivity contribution >= 4 is 11.7 Å². The zero-order chi connectivity index (χ0) is 21.3. The maximum absolute atomic E-state index is 12.7. The van der Waals surface area contributed by atoms with Crippen LogP contribution < -0.4 is 15.2 Å². The van der Waals surface area contributed by atoms with Crippen LogP contribution in [0.5, 0.6) is 11.5 Å². The van der Waals surface area contributed by atoms with Gasteiger partial charge in [0, 0.05) is 38.3 Å². The average Bonchev–Trinajstić information content (AvgIpc) is 3.08. The second kappa shape index (κ2) is 8.55. The van der Waals surface area contributed by atoms with Gasteiger partial charge >= 0.3 is 0 Å². The van der Waals surface area contributed by atoms with Gasteiger partial charge in [-0.1, -0.05) is 0 Å². The molecule has 0 saturated carbocycles. The summed E-state index contributed by atoms with van der Waals surface area (Å²) in [5.74, 6) is 2.20. The quantitative estimate of drug-likeness (QED) is 0.805. The lowest BCUT2D eigenvalue weighted by Gasteiger charge is -2.40. The summed E-state index contributed by atoms with van der Waals surface area (Å²) in [6.07, 6.45) is 2.98. The predicted octanol–water partition coefficient (Wildman–Crippen LogP) is 1.84. The third-order valence-electron chi connectivity index (χ3n) is 6.30. The molecule has 1 fully saturated rings. The Morgan fingerprint density at radius 3 is 2.37 bits per heavy atom. The summed E-state index contributed by atoms with van der Waals surface area (Å²) in [5, 5.41) is 4.30. The van der Waals surface area contributed by atoms with E-state index in [1.165, 1.54) is 11.1 Å². The Morgan fingerprint density at radius 1 is 1.10 bits per heavy atom. The van der Waals surface area contributed by atoms with Crippen LogP contribution in [0.15, 0.2) is 18.2 Å². The summed E-state index contributed by atoms with van der Waals surface area (Å²) in [5.41, 5.74) is 9.40. The van der Waals surface area contributed by atoms with Crippen molar-refractivity contribution in [3.63, 3.8) is 0 Å². The van der Waals surface area contributed by atoms with Crippen LogP contribution in [0.25, 0.3) is 0 Å². The van der Waals surface area contributed by atoms with Crippen molar-refractivity contribution in [3.05, 3.63) is 35.0 Å². The van der Waals surface area contributed by atoms with Crippen molar-refractivity contribution in [1.82, 2.24) is 19.6 Å². The van der Waals surface area contributed by atoms with Crippen LogP contribution in [-0.4, -0.2) is 65.4 Å². The fourth-order valence-corrected chi connectivity index (χ4v) is 4.62. The zero-order valence-corrected chi connectivity index (χ0v) is 18.1. The average molecular weight is 414 g/mol. The molecule has 2 aromatic rings. The topological polar surface area (TPSA) is 85.9 Å². The molecule has 0 spiro atoms. The molecule has 0 atom stereocenters. The van der Waals surface area contributed by atoms with Crippen molar-refractivity contribution in [2.75, 3.05) is 39.6 Å². The van der Waals surface area contributed by atoms with E-state index in [1.807, 2.05) is 11.8 Å². The summed E-state index contributed by atoms with van der Waals surface area (Å²) in [7, 11) is 3.35. The largest absolute Gasteiger partial charge is 0.493 e. The van der Waals surface area contributed by atoms with Crippen LogP contribution in [0, 0.1) is 6.92 Å².